The van der Waals surface area contributed by atoms with Crippen LogP contribution in [-0.4, -0.2) is 23.9 Å². The van der Waals surface area contributed by atoms with E-state index in [1.165, 1.54) is 49.4 Å². The fraction of sp³-hybridized carbons (Fsp3) is 0.0952. The first kappa shape index (κ1) is 21.0. The molecule has 1 unspecified atom stereocenters. The highest BCUT2D eigenvalue weighted by atomic mass is 32.1. The molecule has 0 radical (unpaired) electrons. The number of ether oxygens (including phenoxy) is 2. The Morgan fingerprint density at radius 2 is 1.60 bits per heavy atom. The Kier molecular flexibility index (Phi) is 6.43. The molecule has 9 heteroatoms. The Balaban J connectivity index is 1.58. The Morgan fingerprint density at radius 1 is 1.00 bits per heavy atom. The highest BCUT2D eigenvalue weighted by Gasteiger charge is 2.21. The van der Waals surface area contributed by atoms with Crippen LogP contribution in [0.4, 0.5) is 9.39 Å². The number of nitrogens with one attached hydrogen (secondary N) is 1. The van der Waals surface area contributed by atoms with Crippen LogP contribution in [0.15, 0.2) is 60.0 Å². The predicted octanol–water partition coefficient (Wildman–Crippen LogP) is 3.96. The number of hydrogen-bond donors (Lipinski definition) is 2. The van der Waals surface area contributed by atoms with Gasteiger partial charge in [-0.1, -0.05) is 0 Å². The molecule has 0 aliphatic heterocycles. The Labute approximate surface area is 175 Å². The Morgan fingerprint density at radius 3 is 2.20 bits per heavy atom. The maximum Gasteiger partial charge on any atom is 0.338 e. The minimum absolute atomic E-state index is 0.184. The van der Waals surface area contributed by atoms with Gasteiger partial charge >= 0.3 is 5.97 Å². The van der Waals surface area contributed by atoms with Crippen molar-refractivity contribution in [1.29, 1.82) is 0 Å². The number of rotatable bonds is 7. The van der Waals surface area contributed by atoms with Crippen LogP contribution < -0.4 is 15.8 Å². The maximum absolute atomic E-state index is 12.9. The van der Waals surface area contributed by atoms with Crippen molar-refractivity contribution in [2.24, 2.45) is 5.73 Å². The zero-order chi connectivity index (χ0) is 21.7. The van der Waals surface area contributed by atoms with Crippen molar-refractivity contribution in [3.63, 3.8) is 0 Å². The summed E-state index contributed by atoms with van der Waals surface area (Å²) >= 11 is 1.13. The number of benzene rings is 2. The molecule has 0 aliphatic carbocycles. The molecule has 3 rings (SSSR count). The Hall–Kier alpha value is -3.72. The van der Waals surface area contributed by atoms with Crippen LogP contribution in [-0.2, 0) is 9.53 Å². The molecule has 0 saturated carbocycles. The number of esters is 1. The maximum atomic E-state index is 12.9. The van der Waals surface area contributed by atoms with E-state index in [9.17, 15) is 18.8 Å². The number of amides is 2. The van der Waals surface area contributed by atoms with Crippen LogP contribution in [0.2, 0.25) is 0 Å². The summed E-state index contributed by atoms with van der Waals surface area (Å²) in [5.41, 5.74) is 5.64. The number of halogens is 1. The fourth-order valence-electron chi connectivity index (χ4n) is 2.39. The van der Waals surface area contributed by atoms with E-state index < -0.39 is 23.9 Å². The number of primary amides is 1. The van der Waals surface area contributed by atoms with Crippen molar-refractivity contribution in [3.05, 3.63) is 76.9 Å². The topological polar surface area (TPSA) is 108 Å². The lowest BCUT2D eigenvalue weighted by molar-refractivity contribution is -0.123. The van der Waals surface area contributed by atoms with Crippen molar-refractivity contribution in [1.82, 2.24) is 0 Å². The summed E-state index contributed by atoms with van der Waals surface area (Å²) in [7, 11) is 0. The molecule has 7 nitrogen and oxygen atoms in total. The van der Waals surface area contributed by atoms with Crippen molar-refractivity contribution in [3.8, 4) is 11.5 Å². The fourth-order valence-corrected chi connectivity index (χ4v) is 3.19. The van der Waals surface area contributed by atoms with Gasteiger partial charge < -0.3 is 20.5 Å². The second-order valence-corrected chi connectivity index (χ2v) is 7.06. The summed E-state index contributed by atoms with van der Waals surface area (Å²) in [6.07, 6.45) is -1.10. The molecule has 3 aromatic rings. The number of carbonyl (C=O) groups excluding carboxylic acids is 3. The van der Waals surface area contributed by atoms with Gasteiger partial charge in [-0.25, -0.2) is 9.18 Å². The largest absolute Gasteiger partial charge is 0.457 e. The van der Waals surface area contributed by atoms with Gasteiger partial charge in [-0.15, -0.1) is 11.3 Å². The van der Waals surface area contributed by atoms with Gasteiger partial charge in [-0.05, 0) is 66.9 Å². The quantitative estimate of drug-likeness (QED) is 0.554. The van der Waals surface area contributed by atoms with Crippen LogP contribution in [0.25, 0.3) is 0 Å². The van der Waals surface area contributed by atoms with E-state index in [-0.39, 0.29) is 21.9 Å². The standard InChI is InChI=1S/C21H17FN2O5S/c1-12(19(26)24-20-17(18(23)25)10-11-30-20)28-21(27)13-2-6-15(7-3-13)29-16-8-4-14(22)5-9-16/h2-12H,1H3,(H2,23,25)(H,24,26). The molecule has 3 N–H and O–H groups in total. The average molecular weight is 428 g/mol. The van der Waals surface area contributed by atoms with Crippen molar-refractivity contribution < 1.29 is 28.2 Å². The third kappa shape index (κ3) is 5.21. The number of thiophene rings is 1. The van der Waals surface area contributed by atoms with E-state index in [0.29, 0.717) is 11.5 Å². The third-order valence-electron chi connectivity index (χ3n) is 3.96. The first-order valence-electron chi connectivity index (χ1n) is 8.76. The molecule has 0 aliphatic rings. The molecule has 0 fully saturated rings. The van der Waals surface area contributed by atoms with Crippen LogP contribution >= 0.6 is 11.3 Å². The number of anilines is 1. The van der Waals surface area contributed by atoms with E-state index >= 15 is 0 Å². The van der Waals surface area contributed by atoms with Gasteiger partial charge in [0.2, 0.25) is 0 Å². The molecule has 1 heterocycles. The van der Waals surface area contributed by atoms with Crippen LogP contribution in [0, 0.1) is 5.82 Å². The third-order valence-corrected chi connectivity index (χ3v) is 4.79. The van der Waals surface area contributed by atoms with Gasteiger partial charge in [-0.2, -0.15) is 0 Å². The van der Waals surface area contributed by atoms with E-state index in [1.807, 2.05) is 0 Å². The van der Waals surface area contributed by atoms with Gasteiger partial charge in [0.05, 0.1) is 11.1 Å². The van der Waals surface area contributed by atoms with Gasteiger partial charge in [0.1, 0.15) is 22.3 Å². The minimum atomic E-state index is -1.10. The van der Waals surface area contributed by atoms with Crippen molar-refractivity contribution >= 4 is 34.1 Å². The van der Waals surface area contributed by atoms with E-state index in [2.05, 4.69) is 5.32 Å². The van der Waals surface area contributed by atoms with E-state index in [0.717, 1.165) is 11.3 Å². The summed E-state index contributed by atoms with van der Waals surface area (Å²) in [4.78, 5) is 35.9. The summed E-state index contributed by atoms with van der Waals surface area (Å²) in [6.45, 7) is 1.41. The number of hydrogen-bond acceptors (Lipinski definition) is 6. The molecule has 2 amide bonds. The summed E-state index contributed by atoms with van der Waals surface area (Å²) in [6, 6.07) is 13.1. The van der Waals surface area contributed by atoms with Crippen molar-refractivity contribution in [2.45, 2.75) is 13.0 Å². The van der Waals surface area contributed by atoms with Gasteiger partial charge in [0.25, 0.3) is 11.8 Å². The molecule has 30 heavy (non-hydrogen) atoms. The SMILES string of the molecule is CC(OC(=O)c1ccc(Oc2ccc(F)cc2)cc1)C(=O)Nc1sccc1C(N)=O. The summed E-state index contributed by atoms with van der Waals surface area (Å²) in [5, 5.41) is 4.43. The predicted molar refractivity (Wildman–Crippen MR) is 109 cm³/mol. The molecule has 0 saturated heterocycles. The molecule has 1 aromatic heterocycles. The number of nitrogens with two attached hydrogens (primary N) is 1. The summed E-state index contributed by atoms with van der Waals surface area (Å²) < 4.78 is 23.7. The molecule has 2 aromatic carbocycles. The first-order chi connectivity index (χ1) is 14.3. The molecule has 0 bridgehead atoms. The van der Waals surface area contributed by atoms with Crippen LogP contribution in [0.3, 0.4) is 0 Å². The van der Waals surface area contributed by atoms with Crippen LogP contribution in [0.5, 0.6) is 11.5 Å². The molecule has 0 spiro atoms. The molecular formula is C21H17FN2O5S. The van der Waals surface area contributed by atoms with Crippen LogP contribution in [0.1, 0.15) is 27.6 Å². The number of carbonyl (C=O) groups is 3. The monoisotopic (exact) mass is 428 g/mol. The molecule has 1 atom stereocenters. The van der Waals surface area contributed by atoms with Crippen molar-refractivity contribution in [2.75, 3.05) is 5.32 Å². The lowest BCUT2D eigenvalue weighted by atomic mass is 10.2. The van der Waals surface area contributed by atoms with Gasteiger partial charge in [0, 0.05) is 0 Å². The van der Waals surface area contributed by atoms with Gasteiger partial charge in [-0.3, -0.25) is 9.59 Å². The zero-order valence-electron chi connectivity index (χ0n) is 15.8. The zero-order valence-corrected chi connectivity index (χ0v) is 16.6. The second-order valence-electron chi connectivity index (χ2n) is 6.14. The summed E-state index contributed by atoms with van der Waals surface area (Å²) in [5.74, 6) is -1.44. The second kappa shape index (κ2) is 9.19. The Bertz CT molecular complexity index is 1060. The van der Waals surface area contributed by atoms with Gasteiger partial charge in [0.15, 0.2) is 6.10 Å². The minimum Gasteiger partial charge on any atom is -0.457 e. The highest BCUT2D eigenvalue weighted by Crippen LogP contribution is 2.24. The average Bonchev–Trinajstić information content (AvgIpc) is 3.18. The normalized spacial score (nSPS) is 11.4. The highest BCUT2D eigenvalue weighted by molar-refractivity contribution is 7.14. The molecular weight excluding hydrogens is 411 g/mol. The molecule has 154 valence electrons. The first-order valence-corrected chi connectivity index (χ1v) is 9.64. The van der Waals surface area contributed by atoms with E-state index in [4.69, 9.17) is 15.2 Å². The smallest absolute Gasteiger partial charge is 0.338 e. The lowest BCUT2D eigenvalue weighted by Crippen LogP contribution is -2.30. The van der Waals surface area contributed by atoms with E-state index in [1.54, 1.807) is 17.5 Å². The lowest BCUT2D eigenvalue weighted by Gasteiger charge is -2.13.